The predicted molar refractivity (Wildman–Crippen MR) is 115 cm³/mol. The monoisotopic (exact) mass is 445 g/mol. The Morgan fingerprint density at radius 2 is 1.87 bits per heavy atom. The topological polar surface area (TPSA) is 92.9 Å². The Balaban J connectivity index is 1.50. The van der Waals surface area contributed by atoms with Crippen molar-refractivity contribution in [1.82, 2.24) is 10.7 Å². The molecule has 2 amide bonds. The van der Waals surface area contributed by atoms with Crippen LogP contribution in [-0.4, -0.2) is 31.7 Å². The number of halogens is 2. The summed E-state index contributed by atoms with van der Waals surface area (Å²) in [5.74, 6) is 0.714. The SMILES string of the molecule is COc1ccc(-c2ccc(C=NNC(=O)CNC(=O)c3ccc(Cl)cc3)o2)cc1Cl. The standard InChI is InChI=1S/C21H17Cl2N3O4/c1-29-19-8-4-14(10-17(19)23)18-9-7-16(30-18)11-25-26-20(27)12-24-21(28)13-2-5-15(22)6-3-13/h2-11H,12H2,1H3,(H,24,28)(H,26,27). The summed E-state index contributed by atoms with van der Waals surface area (Å²) in [7, 11) is 1.54. The van der Waals surface area contributed by atoms with Gasteiger partial charge in [-0.1, -0.05) is 23.2 Å². The first-order valence-corrected chi connectivity index (χ1v) is 9.51. The molecule has 3 rings (SSSR count). The molecule has 0 radical (unpaired) electrons. The molecule has 0 atom stereocenters. The summed E-state index contributed by atoms with van der Waals surface area (Å²) >= 11 is 11.9. The molecular weight excluding hydrogens is 429 g/mol. The van der Waals surface area contributed by atoms with E-state index in [2.05, 4.69) is 15.8 Å². The Kier molecular flexibility index (Phi) is 7.11. The Bertz CT molecular complexity index is 1080. The van der Waals surface area contributed by atoms with Gasteiger partial charge in [0.25, 0.3) is 11.8 Å². The molecule has 0 spiro atoms. The second-order valence-corrected chi connectivity index (χ2v) is 6.88. The van der Waals surface area contributed by atoms with Gasteiger partial charge >= 0.3 is 0 Å². The highest BCUT2D eigenvalue weighted by atomic mass is 35.5. The fourth-order valence-corrected chi connectivity index (χ4v) is 2.85. The number of amides is 2. The quantitative estimate of drug-likeness (QED) is 0.422. The Morgan fingerprint density at radius 3 is 2.57 bits per heavy atom. The third-order valence-electron chi connectivity index (χ3n) is 3.96. The first-order valence-electron chi connectivity index (χ1n) is 8.75. The van der Waals surface area contributed by atoms with Gasteiger partial charge in [-0.25, -0.2) is 5.43 Å². The molecule has 1 aromatic heterocycles. The molecule has 7 nitrogen and oxygen atoms in total. The van der Waals surface area contributed by atoms with Crippen LogP contribution >= 0.6 is 23.2 Å². The van der Waals surface area contributed by atoms with Gasteiger partial charge in [-0.15, -0.1) is 0 Å². The van der Waals surface area contributed by atoms with Gasteiger partial charge in [-0.05, 0) is 54.6 Å². The average molecular weight is 446 g/mol. The number of ether oxygens (including phenoxy) is 1. The smallest absolute Gasteiger partial charge is 0.259 e. The molecule has 0 aliphatic rings. The van der Waals surface area contributed by atoms with E-state index in [0.29, 0.717) is 32.9 Å². The van der Waals surface area contributed by atoms with Crippen molar-refractivity contribution in [2.45, 2.75) is 0 Å². The Hall–Kier alpha value is -3.29. The minimum absolute atomic E-state index is 0.230. The van der Waals surface area contributed by atoms with E-state index in [1.807, 2.05) is 6.07 Å². The van der Waals surface area contributed by atoms with E-state index < -0.39 is 5.91 Å². The summed E-state index contributed by atoms with van der Waals surface area (Å²) in [6.07, 6.45) is 1.35. The maximum atomic E-state index is 12.0. The molecule has 0 unspecified atom stereocenters. The van der Waals surface area contributed by atoms with E-state index in [4.69, 9.17) is 32.4 Å². The minimum atomic E-state index is -0.484. The summed E-state index contributed by atoms with van der Waals surface area (Å²) in [5.41, 5.74) is 3.49. The van der Waals surface area contributed by atoms with Crippen LogP contribution in [-0.2, 0) is 4.79 Å². The number of carbonyl (C=O) groups is 2. The van der Waals surface area contributed by atoms with E-state index in [1.165, 1.54) is 6.21 Å². The fourth-order valence-electron chi connectivity index (χ4n) is 2.47. The van der Waals surface area contributed by atoms with Crippen LogP contribution in [0.5, 0.6) is 5.75 Å². The summed E-state index contributed by atoms with van der Waals surface area (Å²) in [5, 5.41) is 7.31. The number of hydrogen-bond donors (Lipinski definition) is 2. The van der Waals surface area contributed by atoms with Crippen molar-refractivity contribution in [3.8, 4) is 17.1 Å². The maximum Gasteiger partial charge on any atom is 0.259 e. The van der Waals surface area contributed by atoms with Gasteiger partial charge in [0.15, 0.2) is 0 Å². The van der Waals surface area contributed by atoms with Crippen molar-refractivity contribution < 1.29 is 18.7 Å². The van der Waals surface area contributed by atoms with Gasteiger partial charge in [0.2, 0.25) is 0 Å². The van der Waals surface area contributed by atoms with Crippen molar-refractivity contribution >= 4 is 41.2 Å². The van der Waals surface area contributed by atoms with Crippen LogP contribution < -0.4 is 15.5 Å². The third kappa shape index (κ3) is 5.62. The normalized spacial score (nSPS) is 10.8. The predicted octanol–water partition coefficient (Wildman–Crippen LogP) is 4.14. The van der Waals surface area contributed by atoms with Gasteiger partial charge in [0, 0.05) is 16.1 Å². The molecular formula is C21H17Cl2N3O4. The number of hydrogen-bond acceptors (Lipinski definition) is 5. The highest BCUT2D eigenvalue weighted by molar-refractivity contribution is 6.32. The van der Waals surface area contributed by atoms with Crippen molar-refractivity contribution in [1.29, 1.82) is 0 Å². The third-order valence-corrected chi connectivity index (χ3v) is 4.51. The number of nitrogens with one attached hydrogen (secondary N) is 2. The van der Waals surface area contributed by atoms with Gasteiger partial charge in [-0.2, -0.15) is 5.10 Å². The van der Waals surface area contributed by atoms with E-state index in [1.54, 1.807) is 55.6 Å². The summed E-state index contributed by atoms with van der Waals surface area (Å²) in [6.45, 7) is -0.230. The lowest BCUT2D eigenvalue weighted by atomic mass is 10.2. The Morgan fingerprint density at radius 1 is 1.10 bits per heavy atom. The molecule has 30 heavy (non-hydrogen) atoms. The summed E-state index contributed by atoms with van der Waals surface area (Å²) in [4.78, 5) is 23.8. The molecule has 0 fully saturated rings. The number of methoxy groups -OCH3 is 1. The number of rotatable bonds is 7. The molecule has 154 valence electrons. The van der Waals surface area contributed by atoms with Crippen LogP contribution in [0.1, 0.15) is 16.1 Å². The van der Waals surface area contributed by atoms with E-state index in [9.17, 15) is 9.59 Å². The molecule has 3 aromatic rings. The van der Waals surface area contributed by atoms with E-state index in [0.717, 1.165) is 5.56 Å². The molecule has 0 saturated carbocycles. The molecule has 2 aromatic carbocycles. The molecule has 9 heteroatoms. The van der Waals surface area contributed by atoms with Crippen molar-refractivity contribution in [2.24, 2.45) is 5.10 Å². The zero-order valence-electron chi connectivity index (χ0n) is 15.8. The average Bonchev–Trinajstić information content (AvgIpc) is 3.21. The first kappa shape index (κ1) is 21.4. The van der Waals surface area contributed by atoms with E-state index in [-0.39, 0.29) is 12.5 Å². The number of nitrogens with zero attached hydrogens (tertiary/aromatic N) is 1. The van der Waals surface area contributed by atoms with Crippen LogP contribution in [0.4, 0.5) is 0 Å². The molecule has 1 heterocycles. The first-order chi connectivity index (χ1) is 14.5. The molecule has 0 bridgehead atoms. The molecule has 0 aliphatic carbocycles. The van der Waals surface area contributed by atoms with Crippen LogP contribution in [0.2, 0.25) is 10.0 Å². The van der Waals surface area contributed by atoms with Gasteiger partial charge in [0.05, 0.1) is 24.9 Å². The lowest BCUT2D eigenvalue weighted by molar-refractivity contribution is -0.120. The molecule has 0 aliphatic heterocycles. The molecule has 0 saturated heterocycles. The van der Waals surface area contributed by atoms with Crippen LogP contribution in [0, 0.1) is 0 Å². The number of hydrazone groups is 1. The van der Waals surface area contributed by atoms with Gasteiger partial charge in [0.1, 0.15) is 17.3 Å². The highest BCUT2D eigenvalue weighted by Gasteiger charge is 2.09. The largest absolute Gasteiger partial charge is 0.495 e. The van der Waals surface area contributed by atoms with Crippen molar-refractivity contribution in [3.05, 3.63) is 76.0 Å². The van der Waals surface area contributed by atoms with Crippen molar-refractivity contribution in [3.63, 3.8) is 0 Å². The summed E-state index contributed by atoms with van der Waals surface area (Å²) < 4.78 is 10.8. The Labute approximate surface area is 182 Å². The van der Waals surface area contributed by atoms with Crippen LogP contribution in [0.15, 0.2) is 64.1 Å². The molecule has 2 N–H and O–H groups in total. The maximum absolute atomic E-state index is 12.0. The van der Waals surface area contributed by atoms with Gasteiger partial charge < -0.3 is 14.5 Å². The minimum Gasteiger partial charge on any atom is -0.495 e. The van der Waals surface area contributed by atoms with Gasteiger partial charge in [-0.3, -0.25) is 9.59 Å². The lowest BCUT2D eigenvalue weighted by Gasteiger charge is -2.04. The second kappa shape index (κ2) is 9.96. The number of benzene rings is 2. The van der Waals surface area contributed by atoms with E-state index >= 15 is 0 Å². The lowest BCUT2D eigenvalue weighted by Crippen LogP contribution is -2.34. The highest BCUT2D eigenvalue weighted by Crippen LogP contribution is 2.30. The summed E-state index contributed by atoms with van der Waals surface area (Å²) in [6, 6.07) is 15.1. The number of carbonyl (C=O) groups excluding carboxylic acids is 2. The van der Waals surface area contributed by atoms with Crippen LogP contribution in [0.25, 0.3) is 11.3 Å². The van der Waals surface area contributed by atoms with Crippen LogP contribution in [0.3, 0.4) is 0 Å². The zero-order valence-corrected chi connectivity index (χ0v) is 17.3. The second-order valence-electron chi connectivity index (χ2n) is 6.03. The fraction of sp³-hybridized carbons (Fsp3) is 0.0952. The number of furan rings is 1. The zero-order chi connectivity index (χ0) is 21.5. The van der Waals surface area contributed by atoms with Crippen molar-refractivity contribution in [2.75, 3.05) is 13.7 Å².